The maximum atomic E-state index is 13.4. The Morgan fingerprint density at radius 3 is 2.50 bits per heavy atom. The summed E-state index contributed by atoms with van der Waals surface area (Å²) in [5, 5.41) is 0. The molecule has 0 fully saturated rings. The van der Waals surface area contributed by atoms with E-state index in [1.54, 1.807) is 17.2 Å². The zero-order valence-corrected chi connectivity index (χ0v) is 14.5. The average Bonchev–Trinajstić information content (AvgIpc) is 2.69. The van der Waals surface area contributed by atoms with Crippen LogP contribution in [-0.4, -0.2) is 15.9 Å². The van der Waals surface area contributed by atoms with Crippen molar-refractivity contribution in [1.82, 2.24) is 9.88 Å². The number of carbonyl (C=O) groups is 1. The van der Waals surface area contributed by atoms with Gasteiger partial charge in [-0.1, -0.05) is 48.5 Å². The number of hydrogen-bond donors (Lipinski definition) is 1. The molecular formula is C21H20N4O. The van der Waals surface area contributed by atoms with E-state index < -0.39 is 0 Å². The van der Waals surface area contributed by atoms with Gasteiger partial charge in [0.2, 0.25) is 0 Å². The average molecular weight is 344 g/mol. The van der Waals surface area contributed by atoms with Crippen LogP contribution in [-0.2, 0) is 6.54 Å². The molecule has 2 amide bonds. The zero-order chi connectivity index (χ0) is 18.1. The molecule has 5 nitrogen and oxygen atoms in total. The van der Waals surface area contributed by atoms with E-state index in [9.17, 15) is 4.79 Å². The van der Waals surface area contributed by atoms with Gasteiger partial charge < -0.3 is 10.6 Å². The lowest BCUT2D eigenvalue weighted by atomic mass is 10.0. The summed E-state index contributed by atoms with van der Waals surface area (Å²) in [5.41, 5.74) is 9.46. The van der Waals surface area contributed by atoms with Crippen LogP contribution in [0.15, 0.2) is 72.9 Å². The first-order valence-electron chi connectivity index (χ1n) is 8.61. The van der Waals surface area contributed by atoms with Crippen molar-refractivity contribution in [3.05, 3.63) is 84.1 Å². The highest BCUT2D eigenvalue weighted by Gasteiger charge is 2.35. The van der Waals surface area contributed by atoms with Gasteiger partial charge in [0.1, 0.15) is 5.82 Å². The first kappa shape index (κ1) is 16.1. The van der Waals surface area contributed by atoms with Gasteiger partial charge in [0.05, 0.1) is 24.0 Å². The Bertz CT molecular complexity index is 942. The molecular weight excluding hydrogens is 324 g/mol. The van der Waals surface area contributed by atoms with Gasteiger partial charge in [0.25, 0.3) is 0 Å². The van der Waals surface area contributed by atoms with Gasteiger partial charge in [-0.25, -0.2) is 14.7 Å². The van der Waals surface area contributed by atoms with Gasteiger partial charge in [-0.3, -0.25) is 0 Å². The number of hydrogen-bond acceptors (Lipinski definition) is 3. The lowest BCUT2D eigenvalue weighted by Crippen LogP contribution is -2.46. The molecule has 3 aromatic rings. The molecule has 130 valence electrons. The molecule has 1 atom stereocenters. The number of nitrogens with zero attached hydrogens (tertiary/aromatic N) is 3. The van der Waals surface area contributed by atoms with Crippen LogP contribution in [0.2, 0.25) is 0 Å². The number of aromatic nitrogens is 1. The van der Waals surface area contributed by atoms with Crippen molar-refractivity contribution in [3.63, 3.8) is 0 Å². The largest absolute Gasteiger partial charge is 0.397 e. The lowest BCUT2D eigenvalue weighted by molar-refractivity contribution is 0.180. The summed E-state index contributed by atoms with van der Waals surface area (Å²) < 4.78 is 0. The molecule has 0 spiro atoms. The number of carbonyl (C=O) groups excluding carboxylic acids is 1. The molecule has 1 aromatic heterocycles. The Hall–Kier alpha value is -3.34. The monoisotopic (exact) mass is 344 g/mol. The summed E-state index contributed by atoms with van der Waals surface area (Å²) in [6, 6.07) is 21.1. The van der Waals surface area contributed by atoms with Crippen molar-refractivity contribution < 1.29 is 4.79 Å². The number of nitrogens with two attached hydrogens (primary N) is 1. The zero-order valence-electron chi connectivity index (χ0n) is 14.5. The van der Waals surface area contributed by atoms with E-state index in [1.807, 2.05) is 72.5 Å². The Morgan fingerprint density at radius 1 is 1.00 bits per heavy atom. The van der Waals surface area contributed by atoms with Crippen LogP contribution in [0.4, 0.5) is 22.0 Å². The maximum Gasteiger partial charge on any atom is 0.331 e. The molecule has 0 radical (unpaired) electrons. The number of fused-ring (bicyclic) bond motifs is 1. The topological polar surface area (TPSA) is 62.5 Å². The minimum atomic E-state index is -0.120. The fourth-order valence-corrected chi connectivity index (χ4v) is 3.35. The summed E-state index contributed by atoms with van der Waals surface area (Å²) in [6.07, 6.45) is 1.70. The molecule has 0 bridgehead atoms. The van der Waals surface area contributed by atoms with E-state index in [2.05, 4.69) is 4.98 Å². The predicted molar refractivity (Wildman–Crippen MR) is 103 cm³/mol. The molecule has 2 N–H and O–H groups in total. The number of benzene rings is 2. The van der Waals surface area contributed by atoms with Crippen LogP contribution in [0.3, 0.4) is 0 Å². The number of pyridine rings is 1. The number of urea groups is 1. The van der Waals surface area contributed by atoms with Crippen LogP contribution in [0.25, 0.3) is 0 Å². The number of nitrogen functional groups attached to an aromatic ring is 1. The van der Waals surface area contributed by atoms with Gasteiger partial charge in [0.15, 0.2) is 0 Å². The molecule has 1 aliphatic rings. The van der Waals surface area contributed by atoms with Crippen LogP contribution in [0.5, 0.6) is 0 Å². The smallest absolute Gasteiger partial charge is 0.331 e. The number of amides is 2. The summed E-state index contributed by atoms with van der Waals surface area (Å²) in [5.74, 6) is 0.645. The molecule has 0 saturated carbocycles. The molecule has 1 unspecified atom stereocenters. The Morgan fingerprint density at radius 2 is 1.73 bits per heavy atom. The van der Waals surface area contributed by atoms with Crippen molar-refractivity contribution in [2.24, 2.45) is 0 Å². The highest BCUT2D eigenvalue weighted by molar-refractivity contribution is 6.03. The van der Waals surface area contributed by atoms with Crippen LogP contribution < -0.4 is 10.6 Å². The summed E-state index contributed by atoms with van der Waals surface area (Å²) in [6.45, 7) is 2.56. The lowest BCUT2D eigenvalue weighted by Gasteiger charge is -2.39. The molecule has 4 rings (SSSR count). The Labute approximate surface area is 152 Å². The van der Waals surface area contributed by atoms with Crippen molar-refractivity contribution in [3.8, 4) is 0 Å². The number of anilines is 3. The second kappa shape index (κ2) is 6.52. The van der Waals surface area contributed by atoms with E-state index in [-0.39, 0.29) is 12.1 Å². The SMILES string of the molecule is CC(c1ccccc1)N1Cc2cccnc2N(c2ccccc2N)C1=O. The Balaban J connectivity index is 1.81. The van der Waals surface area contributed by atoms with E-state index in [0.717, 1.165) is 11.1 Å². The molecule has 0 saturated heterocycles. The third kappa shape index (κ3) is 2.67. The molecule has 2 heterocycles. The van der Waals surface area contributed by atoms with Crippen LogP contribution >= 0.6 is 0 Å². The molecule has 26 heavy (non-hydrogen) atoms. The number of rotatable bonds is 3. The highest BCUT2D eigenvalue weighted by Crippen LogP contribution is 2.38. The Kier molecular flexibility index (Phi) is 4.05. The maximum absolute atomic E-state index is 13.4. The van der Waals surface area contributed by atoms with Gasteiger partial charge in [0, 0.05) is 11.8 Å². The van der Waals surface area contributed by atoms with E-state index in [4.69, 9.17) is 5.73 Å². The van der Waals surface area contributed by atoms with E-state index in [0.29, 0.717) is 23.7 Å². The highest BCUT2D eigenvalue weighted by atomic mass is 16.2. The second-order valence-electron chi connectivity index (χ2n) is 6.38. The normalized spacial score (nSPS) is 14.9. The summed E-state index contributed by atoms with van der Waals surface area (Å²) >= 11 is 0. The second-order valence-corrected chi connectivity index (χ2v) is 6.38. The van der Waals surface area contributed by atoms with Crippen molar-refractivity contribution in [1.29, 1.82) is 0 Å². The van der Waals surface area contributed by atoms with E-state index >= 15 is 0 Å². The third-order valence-corrected chi connectivity index (χ3v) is 4.78. The fraction of sp³-hybridized carbons (Fsp3) is 0.143. The van der Waals surface area contributed by atoms with Crippen molar-refractivity contribution in [2.45, 2.75) is 19.5 Å². The van der Waals surface area contributed by atoms with Gasteiger partial charge in [-0.2, -0.15) is 0 Å². The molecule has 0 aliphatic carbocycles. The predicted octanol–water partition coefficient (Wildman–Crippen LogP) is 4.50. The molecule has 1 aliphatic heterocycles. The van der Waals surface area contributed by atoms with Crippen molar-refractivity contribution in [2.75, 3.05) is 10.6 Å². The standard InChI is InChI=1S/C21H20N4O/c1-15(16-8-3-2-4-9-16)24-14-17-10-7-13-23-20(17)25(21(24)26)19-12-6-5-11-18(19)22/h2-13,15H,14,22H2,1H3. The number of para-hydroxylation sites is 2. The van der Waals surface area contributed by atoms with Gasteiger partial charge >= 0.3 is 6.03 Å². The molecule has 5 heteroatoms. The fourth-order valence-electron chi connectivity index (χ4n) is 3.35. The van der Waals surface area contributed by atoms with Gasteiger partial charge in [-0.05, 0) is 30.7 Å². The third-order valence-electron chi connectivity index (χ3n) is 4.78. The summed E-state index contributed by atoms with van der Waals surface area (Å²) in [7, 11) is 0. The minimum Gasteiger partial charge on any atom is -0.397 e. The first-order chi connectivity index (χ1) is 12.7. The summed E-state index contributed by atoms with van der Waals surface area (Å²) in [4.78, 5) is 21.3. The van der Waals surface area contributed by atoms with Crippen molar-refractivity contribution >= 4 is 23.2 Å². The molecule has 2 aromatic carbocycles. The van der Waals surface area contributed by atoms with Crippen LogP contribution in [0.1, 0.15) is 24.1 Å². The van der Waals surface area contributed by atoms with E-state index in [1.165, 1.54) is 0 Å². The van der Waals surface area contributed by atoms with Crippen LogP contribution in [0, 0.1) is 0 Å². The quantitative estimate of drug-likeness (QED) is 0.712. The first-order valence-corrected chi connectivity index (χ1v) is 8.61. The minimum absolute atomic E-state index is 0.0653. The van der Waals surface area contributed by atoms with Gasteiger partial charge in [-0.15, -0.1) is 0 Å².